The van der Waals surface area contributed by atoms with Gasteiger partial charge in [0.1, 0.15) is 17.0 Å². The lowest BCUT2D eigenvalue weighted by atomic mass is 10.2. The molecule has 0 aliphatic rings. The van der Waals surface area contributed by atoms with Gasteiger partial charge in [-0.1, -0.05) is 40.9 Å². The van der Waals surface area contributed by atoms with E-state index < -0.39 is 5.91 Å². The number of thiocarbonyl (C=S) groups is 1. The molecule has 2 aromatic heterocycles. The number of aromatic nitrogens is 1. The van der Waals surface area contributed by atoms with Crippen LogP contribution in [0.4, 0.5) is 5.69 Å². The van der Waals surface area contributed by atoms with Crippen LogP contribution >= 0.6 is 47.0 Å². The van der Waals surface area contributed by atoms with E-state index in [2.05, 4.69) is 15.6 Å². The van der Waals surface area contributed by atoms with E-state index in [0.717, 1.165) is 11.1 Å². The van der Waals surface area contributed by atoms with Gasteiger partial charge < -0.3 is 14.2 Å². The molecule has 2 heterocycles. The fourth-order valence-corrected chi connectivity index (χ4v) is 4.45. The van der Waals surface area contributed by atoms with E-state index in [9.17, 15) is 4.79 Å². The van der Waals surface area contributed by atoms with Crippen LogP contribution in [-0.4, -0.2) is 16.0 Å². The number of carbonyl (C=O) groups excluding carboxylic acids is 1. The summed E-state index contributed by atoms with van der Waals surface area (Å²) in [5.74, 6) is 1.08. The highest BCUT2D eigenvalue weighted by atomic mass is 35.5. The molecule has 6 nitrogen and oxygen atoms in total. The van der Waals surface area contributed by atoms with Gasteiger partial charge in [-0.2, -0.15) is 0 Å². The molecule has 0 radical (unpaired) electrons. The molecule has 5 aromatic rings. The Kier molecular flexibility index (Phi) is 7.30. The third-order valence-electron chi connectivity index (χ3n) is 5.13. The minimum atomic E-state index is -0.424. The molecule has 0 saturated carbocycles. The van der Waals surface area contributed by atoms with Crippen LogP contribution in [0, 0.1) is 0 Å². The minimum Gasteiger partial charge on any atom is -0.457 e. The summed E-state index contributed by atoms with van der Waals surface area (Å²) in [6.45, 7) is 0. The van der Waals surface area contributed by atoms with Crippen molar-refractivity contribution in [2.45, 2.75) is 0 Å². The van der Waals surface area contributed by atoms with Crippen LogP contribution in [0.15, 0.2) is 87.7 Å². The van der Waals surface area contributed by atoms with Gasteiger partial charge >= 0.3 is 0 Å². The Labute approximate surface area is 231 Å². The Bertz CT molecular complexity index is 1660. The van der Waals surface area contributed by atoms with E-state index in [1.165, 1.54) is 12.2 Å². The average Bonchev–Trinajstić information content (AvgIpc) is 3.49. The van der Waals surface area contributed by atoms with Crippen molar-refractivity contribution < 1.29 is 13.6 Å². The summed E-state index contributed by atoms with van der Waals surface area (Å²) in [6, 6.07) is 21.2. The number of amides is 1. The third-order valence-corrected chi connectivity index (χ3v) is 6.00. The van der Waals surface area contributed by atoms with Gasteiger partial charge in [-0.25, -0.2) is 4.98 Å². The maximum absolute atomic E-state index is 12.3. The number of oxazole rings is 1. The molecule has 3 aromatic carbocycles. The van der Waals surface area contributed by atoms with Gasteiger partial charge in [0.05, 0.1) is 0 Å². The van der Waals surface area contributed by atoms with Crippen LogP contribution in [0.3, 0.4) is 0 Å². The third kappa shape index (κ3) is 6.21. The van der Waals surface area contributed by atoms with Crippen LogP contribution in [0.2, 0.25) is 15.1 Å². The summed E-state index contributed by atoms with van der Waals surface area (Å²) in [4.78, 5) is 16.9. The molecule has 2 N–H and O–H groups in total. The summed E-state index contributed by atoms with van der Waals surface area (Å²) in [7, 11) is 0. The number of nitrogens with one attached hydrogen (secondary N) is 2. The number of rotatable bonds is 5. The number of carbonyl (C=O) groups is 1. The molecule has 184 valence electrons. The summed E-state index contributed by atoms with van der Waals surface area (Å²) in [5.41, 5.74) is 3.38. The molecule has 0 saturated heterocycles. The van der Waals surface area contributed by atoms with Crippen LogP contribution in [0.25, 0.3) is 40.0 Å². The summed E-state index contributed by atoms with van der Waals surface area (Å²) < 4.78 is 11.6. The highest BCUT2D eigenvalue weighted by Gasteiger charge is 2.11. The van der Waals surface area contributed by atoms with Gasteiger partial charge in [0.15, 0.2) is 10.7 Å². The first-order chi connectivity index (χ1) is 17.8. The van der Waals surface area contributed by atoms with E-state index in [1.807, 2.05) is 12.1 Å². The van der Waals surface area contributed by atoms with Crippen molar-refractivity contribution in [3.63, 3.8) is 0 Å². The van der Waals surface area contributed by atoms with Crippen LogP contribution in [0.5, 0.6) is 0 Å². The predicted octanol–water partition coefficient (Wildman–Crippen LogP) is 8.24. The Balaban J connectivity index is 1.21. The van der Waals surface area contributed by atoms with Crippen molar-refractivity contribution in [2.75, 3.05) is 5.32 Å². The van der Waals surface area contributed by atoms with Gasteiger partial charge in [-0.15, -0.1) is 0 Å². The minimum absolute atomic E-state index is 0.126. The molecule has 0 aliphatic heterocycles. The van der Waals surface area contributed by atoms with Gasteiger partial charge in [-0.3, -0.25) is 10.1 Å². The van der Waals surface area contributed by atoms with E-state index >= 15 is 0 Å². The topological polar surface area (TPSA) is 80.3 Å². The molecular weight excluding hydrogens is 553 g/mol. The normalized spacial score (nSPS) is 11.2. The van der Waals surface area contributed by atoms with E-state index in [1.54, 1.807) is 60.7 Å². The first-order valence-electron chi connectivity index (χ1n) is 10.9. The van der Waals surface area contributed by atoms with Crippen molar-refractivity contribution >= 4 is 80.9 Å². The fourth-order valence-electron chi connectivity index (χ4n) is 3.52. The summed E-state index contributed by atoms with van der Waals surface area (Å²) in [5, 5.41) is 7.29. The van der Waals surface area contributed by atoms with Gasteiger partial charge in [-0.05, 0) is 85.0 Å². The molecule has 0 spiro atoms. The number of halogens is 3. The SMILES string of the molecule is O=C(/C=C/c1ccc(-c2cc(Cl)cc(Cl)c2)o1)NC(=S)Nc1ccc2oc(-c3cccc(Cl)c3)nc2c1. The monoisotopic (exact) mass is 567 g/mol. The zero-order valence-corrected chi connectivity index (χ0v) is 21.9. The molecule has 1 amide bonds. The van der Waals surface area contributed by atoms with Gasteiger partial charge in [0.2, 0.25) is 11.8 Å². The first kappa shape index (κ1) is 25.0. The van der Waals surface area contributed by atoms with Crippen molar-refractivity contribution in [2.24, 2.45) is 0 Å². The second kappa shape index (κ2) is 10.8. The highest BCUT2D eigenvalue weighted by Crippen LogP contribution is 2.29. The van der Waals surface area contributed by atoms with Crippen LogP contribution in [-0.2, 0) is 4.79 Å². The number of furan rings is 1. The number of hydrogen-bond acceptors (Lipinski definition) is 5. The average molecular weight is 569 g/mol. The molecule has 10 heteroatoms. The van der Waals surface area contributed by atoms with E-state index in [-0.39, 0.29) is 5.11 Å². The molecule has 0 atom stereocenters. The maximum atomic E-state index is 12.3. The zero-order valence-electron chi connectivity index (χ0n) is 18.8. The summed E-state index contributed by atoms with van der Waals surface area (Å²) >= 11 is 23.4. The largest absolute Gasteiger partial charge is 0.457 e. The standard InChI is InChI=1S/C27H16Cl3N3O3S/c28-17-3-1-2-15(10-17)26-32-22-14-20(4-7-24(22)36-26)31-27(37)33-25(34)9-6-21-5-8-23(35-21)16-11-18(29)13-19(30)12-16/h1-14H,(H2,31,33,34,37)/b9-6+. The molecule has 0 fully saturated rings. The fraction of sp³-hybridized carbons (Fsp3) is 0. The molecular formula is C27H16Cl3N3O3S. The second-order valence-corrected chi connectivity index (χ2v) is 9.57. The maximum Gasteiger partial charge on any atom is 0.250 e. The van der Waals surface area contributed by atoms with Crippen molar-refractivity contribution in [3.05, 3.63) is 99.7 Å². The molecule has 0 bridgehead atoms. The Hall–Kier alpha value is -3.62. The second-order valence-electron chi connectivity index (χ2n) is 7.85. The number of fused-ring (bicyclic) bond motifs is 1. The van der Waals surface area contributed by atoms with Crippen molar-refractivity contribution in [1.82, 2.24) is 10.3 Å². The number of nitrogens with zero attached hydrogens (tertiary/aromatic N) is 1. The molecule has 5 rings (SSSR count). The van der Waals surface area contributed by atoms with Crippen molar-refractivity contribution in [1.29, 1.82) is 0 Å². The Morgan fingerprint density at radius 3 is 2.43 bits per heavy atom. The van der Waals surface area contributed by atoms with E-state index in [0.29, 0.717) is 49.3 Å². The Morgan fingerprint density at radius 2 is 1.65 bits per heavy atom. The Morgan fingerprint density at radius 1 is 0.865 bits per heavy atom. The highest BCUT2D eigenvalue weighted by molar-refractivity contribution is 7.80. The number of benzene rings is 3. The first-order valence-corrected chi connectivity index (χ1v) is 12.4. The van der Waals surface area contributed by atoms with Crippen LogP contribution < -0.4 is 10.6 Å². The molecule has 0 unspecified atom stereocenters. The van der Waals surface area contributed by atoms with Gasteiger partial charge in [0, 0.05) is 38.0 Å². The summed E-state index contributed by atoms with van der Waals surface area (Å²) in [6.07, 6.45) is 2.85. The smallest absolute Gasteiger partial charge is 0.250 e. The quantitative estimate of drug-likeness (QED) is 0.164. The van der Waals surface area contributed by atoms with Crippen molar-refractivity contribution in [3.8, 4) is 22.8 Å². The molecule has 37 heavy (non-hydrogen) atoms. The predicted molar refractivity (Wildman–Crippen MR) is 152 cm³/mol. The zero-order chi connectivity index (χ0) is 25.9. The number of hydrogen-bond donors (Lipinski definition) is 2. The van der Waals surface area contributed by atoms with E-state index in [4.69, 9.17) is 55.9 Å². The lowest BCUT2D eigenvalue weighted by Crippen LogP contribution is -2.32. The number of anilines is 1. The molecule has 0 aliphatic carbocycles. The van der Waals surface area contributed by atoms with Crippen LogP contribution in [0.1, 0.15) is 5.76 Å². The van der Waals surface area contributed by atoms with Gasteiger partial charge in [0.25, 0.3) is 0 Å². The lowest BCUT2D eigenvalue weighted by molar-refractivity contribution is -0.115. The lowest BCUT2D eigenvalue weighted by Gasteiger charge is -2.07.